The number of H-pyrrole nitrogens is 2. The van der Waals surface area contributed by atoms with E-state index < -0.39 is 21.7 Å². The van der Waals surface area contributed by atoms with Crippen LogP contribution in [0.5, 0.6) is 5.75 Å². The second kappa shape index (κ2) is 11.0. The van der Waals surface area contributed by atoms with E-state index in [1.165, 1.54) is 22.7 Å². The van der Waals surface area contributed by atoms with Gasteiger partial charge in [0.15, 0.2) is 5.75 Å². The molecule has 1 aliphatic rings. The summed E-state index contributed by atoms with van der Waals surface area (Å²) in [4.78, 5) is 24.9. The number of nitrogens with two attached hydrogens (primary N) is 1. The number of carbonyl (C=O) groups is 1. The average molecular weight is 570 g/mol. The van der Waals surface area contributed by atoms with E-state index in [1.54, 1.807) is 25.4 Å². The summed E-state index contributed by atoms with van der Waals surface area (Å²) in [5.74, 6) is -0.369. The molecule has 12 nitrogen and oxygen atoms in total. The quantitative estimate of drug-likeness (QED) is 0.252. The average Bonchev–Trinajstić information content (AvgIpc) is 3.23. The number of fused-ring (bicyclic) bond motifs is 1. The smallest absolute Gasteiger partial charge is 0.351 e. The molecule has 0 unspecified atom stereocenters. The number of carbonyl (C=O) groups excluding carboxylic acids is 1. The van der Waals surface area contributed by atoms with E-state index in [4.69, 9.17) is 10.5 Å². The molecule has 1 amide bonds. The molecule has 6 N–H and O–H groups in total. The van der Waals surface area contributed by atoms with Crippen LogP contribution in [0.1, 0.15) is 16.8 Å². The molecule has 2 aromatic carbocycles. The van der Waals surface area contributed by atoms with Gasteiger partial charge in [-0.25, -0.2) is 22.1 Å². The van der Waals surface area contributed by atoms with Gasteiger partial charge in [0.1, 0.15) is 11.5 Å². The standard InChI is InChI=1S/C26H29FN8O4S/c1-39-21-15-16(34-11-4-12-35(14-13-34)40(2,37)38)7-8-19(21)31-26-32-24-17(9-10-29-24)25(33-26)30-20-6-3-5-18(27)22(20)23(28)36/h3,5-10,15H,4,11-14H2,1-2H3,(H2,28,36)(H3,29,30,31,32,33)/p+1. The third-order valence-electron chi connectivity index (χ3n) is 6.71. The number of amides is 1. The van der Waals surface area contributed by atoms with Gasteiger partial charge in [-0.1, -0.05) is 11.1 Å². The summed E-state index contributed by atoms with van der Waals surface area (Å²) >= 11 is 0. The minimum atomic E-state index is -3.24. The summed E-state index contributed by atoms with van der Waals surface area (Å²) in [6, 6.07) is 11.6. The molecule has 3 heterocycles. The first kappa shape index (κ1) is 27.1. The predicted octanol–water partition coefficient (Wildman–Crippen LogP) is 2.58. The molecule has 0 saturated carbocycles. The molecular formula is C26H30FN8O4S+. The van der Waals surface area contributed by atoms with Crippen LogP contribution >= 0.6 is 0 Å². The van der Waals surface area contributed by atoms with Gasteiger partial charge in [0.25, 0.3) is 5.91 Å². The lowest BCUT2D eigenvalue weighted by Crippen LogP contribution is -2.34. The Bertz CT molecular complexity index is 1680. The second-order valence-corrected chi connectivity index (χ2v) is 11.3. The van der Waals surface area contributed by atoms with Crippen LogP contribution in [0.2, 0.25) is 0 Å². The zero-order chi connectivity index (χ0) is 28.4. The maximum Gasteiger partial charge on any atom is 0.351 e. The van der Waals surface area contributed by atoms with E-state index in [0.717, 1.165) is 5.69 Å². The van der Waals surface area contributed by atoms with Crippen molar-refractivity contribution in [3.8, 4) is 5.75 Å². The summed E-state index contributed by atoms with van der Waals surface area (Å²) in [6.45, 7) is 2.17. The molecule has 14 heteroatoms. The lowest BCUT2D eigenvalue weighted by atomic mass is 10.1. The molecule has 0 atom stereocenters. The summed E-state index contributed by atoms with van der Waals surface area (Å²) in [7, 11) is -1.68. The number of halogens is 1. The van der Waals surface area contributed by atoms with Gasteiger partial charge in [0, 0.05) is 44.1 Å². The summed E-state index contributed by atoms with van der Waals surface area (Å²) < 4.78 is 45.5. The van der Waals surface area contributed by atoms with Crippen LogP contribution in [0.4, 0.5) is 33.2 Å². The number of aromatic amines is 2. The molecule has 0 radical (unpaired) electrons. The normalized spacial score (nSPS) is 14.6. The lowest BCUT2D eigenvalue weighted by molar-refractivity contribution is -0.333. The van der Waals surface area contributed by atoms with E-state index >= 15 is 0 Å². The van der Waals surface area contributed by atoms with Crippen LogP contribution in [0.15, 0.2) is 48.7 Å². The molecule has 210 valence electrons. The van der Waals surface area contributed by atoms with Gasteiger partial charge in [0.05, 0.1) is 30.0 Å². The minimum Gasteiger partial charge on any atom is -0.493 e. The van der Waals surface area contributed by atoms with Gasteiger partial charge in [-0.2, -0.15) is 0 Å². The number of hydrogen-bond acceptors (Lipinski definition) is 8. The predicted molar refractivity (Wildman–Crippen MR) is 150 cm³/mol. The Hall–Kier alpha value is -4.43. The first-order valence-corrected chi connectivity index (χ1v) is 14.4. The number of hydrogen-bond donors (Lipinski definition) is 4. The fourth-order valence-corrected chi connectivity index (χ4v) is 5.61. The zero-order valence-electron chi connectivity index (χ0n) is 22.0. The van der Waals surface area contributed by atoms with Gasteiger partial charge >= 0.3 is 5.95 Å². The molecule has 1 saturated heterocycles. The maximum absolute atomic E-state index is 14.3. The lowest BCUT2D eigenvalue weighted by Gasteiger charge is -2.24. The molecule has 4 aromatic rings. The number of primary amides is 1. The zero-order valence-corrected chi connectivity index (χ0v) is 22.8. The number of nitrogens with zero attached hydrogens (tertiary/aromatic N) is 3. The van der Waals surface area contributed by atoms with E-state index in [1.807, 2.05) is 18.2 Å². The van der Waals surface area contributed by atoms with Gasteiger partial charge in [-0.15, -0.1) is 0 Å². The largest absolute Gasteiger partial charge is 0.493 e. The van der Waals surface area contributed by atoms with E-state index in [2.05, 4.69) is 30.5 Å². The van der Waals surface area contributed by atoms with Gasteiger partial charge in [-0.3, -0.25) is 15.1 Å². The van der Waals surface area contributed by atoms with Crippen molar-refractivity contribution in [2.45, 2.75) is 6.42 Å². The molecule has 1 fully saturated rings. The van der Waals surface area contributed by atoms with Crippen molar-refractivity contribution < 1.29 is 27.3 Å². The number of benzene rings is 2. The summed E-state index contributed by atoms with van der Waals surface area (Å²) in [5.41, 5.74) is 7.51. The monoisotopic (exact) mass is 569 g/mol. The van der Waals surface area contributed by atoms with Crippen LogP contribution in [0, 0.1) is 5.82 Å². The fourth-order valence-electron chi connectivity index (χ4n) is 4.74. The highest BCUT2D eigenvalue weighted by Gasteiger charge is 2.23. The number of nitrogens with one attached hydrogen (secondary N) is 4. The molecule has 0 spiro atoms. The highest BCUT2D eigenvalue weighted by molar-refractivity contribution is 7.88. The molecule has 40 heavy (non-hydrogen) atoms. The van der Waals surface area contributed by atoms with Crippen molar-refractivity contribution in [2.75, 3.05) is 55.1 Å². The Kier molecular flexibility index (Phi) is 7.45. The first-order chi connectivity index (χ1) is 19.1. The Labute approximate surface area is 230 Å². The SMILES string of the molecule is COc1cc(N2CCCN(S(C)(=O)=O)CC2)ccc1Nc1nc(Nc2cccc(F)c2C(N)=O)c2cc[nH]c2[nH+]1. The highest BCUT2D eigenvalue weighted by atomic mass is 32.2. The van der Waals surface area contributed by atoms with Crippen molar-refractivity contribution in [2.24, 2.45) is 5.73 Å². The van der Waals surface area contributed by atoms with Crippen molar-refractivity contribution in [3.05, 3.63) is 60.0 Å². The third kappa shape index (κ3) is 5.62. The molecular weight excluding hydrogens is 539 g/mol. The Morgan fingerprint density at radius 2 is 1.95 bits per heavy atom. The Morgan fingerprint density at radius 1 is 1.12 bits per heavy atom. The minimum absolute atomic E-state index is 0.188. The first-order valence-electron chi connectivity index (χ1n) is 12.5. The van der Waals surface area contributed by atoms with Gasteiger partial charge in [-0.05, 0) is 36.8 Å². The van der Waals surface area contributed by atoms with E-state index in [-0.39, 0.29) is 11.3 Å². The summed E-state index contributed by atoms with van der Waals surface area (Å²) in [5, 5.41) is 6.94. The van der Waals surface area contributed by atoms with Crippen molar-refractivity contribution in [1.82, 2.24) is 14.3 Å². The number of ether oxygens (including phenoxy) is 1. The van der Waals surface area contributed by atoms with Gasteiger partial charge in [0.2, 0.25) is 21.5 Å². The fraction of sp³-hybridized carbons (Fsp3) is 0.269. The number of methoxy groups -OCH3 is 1. The maximum atomic E-state index is 14.3. The third-order valence-corrected chi connectivity index (χ3v) is 8.01. The molecule has 5 rings (SSSR count). The van der Waals surface area contributed by atoms with E-state index in [9.17, 15) is 17.6 Å². The molecule has 0 aliphatic carbocycles. The molecule has 2 aromatic heterocycles. The Balaban J connectivity index is 1.42. The van der Waals surface area contributed by atoms with Crippen molar-refractivity contribution >= 4 is 55.8 Å². The Morgan fingerprint density at radius 3 is 2.70 bits per heavy atom. The number of sulfonamides is 1. The number of aromatic nitrogens is 3. The van der Waals surface area contributed by atoms with Crippen LogP contribution < -0.4 is 31.0 Å². The van der Waals surface area contributed by atoms with Gasteiger partial charge < -0.3 is 20.7 Å². The highest BCUT2D eigenvalue weighted by Crippen LogP contribution is 2.33. The van der Waals surface area contributed by atoms with Crippen LogP contribution in [-0.4, -0.2) is 68.1 Å². The molecule has 0 bridgehead atoms. The van der Waals surface area contributed by atoms with Crippen molar-refractivity contribution in [1.29, 1.82) is 0 Å². The van der Waals surface area contributed by atoms with Crippen molar-refractivity contribution in [3.63, 3.8) is 0 Å². The van der Waals surface area contributed by atoms with Crippen LogP contribution in [0.3, 0.4) is 0 Å². The number of anilines is 5. The number of rotatable bonds is 8. The van der Waals surface area contributed by atoms with Crippen LogP contribution in [0.25, 0.3) is 11.0 Å². The van der Waals surface area contributed by atoms with Crippen LogP contribution in [-0.2, 0) is 10.0 Å². The molecule has 1 aliphatic heterocycles. The second-order valence-electron chi connectivity index (χ2n) is 9.36. The summed E-state index contributed by atoms with van der Waals surface area (Å²) in [6.07, 6.45) is 3.67. The topological polar surface area (TPSA) is 160 Å². The van der Waals surface area contributed by atoms with E-state index in [0.29, 0.717) is 66.8 Å².